The third kappa shape index (κ3) is 3.79. The Labute approximate surface area is 154 Å². The van der Waals surface area contributed by atoms with Gasteiger partial charge < -0.3 is 10.2 Å². The normalized spacial score (nSPS) is 17.2. The monoisotopic (exact) mass is 354 g/mol. The van der Waals surface area contributed by atoms with Crippen LogP contribution in [0.5, 0.6) is 0 Å². The molecule has 1 fully saturated rings. The molecule has 1 N–H and O–H groups in total. The number of carbonyl (C=O) groups is 2. The first-order valence-electron chi connectivity index (χ1n) is 9.02. The molecule has 138 valence electrons. The van der Waals surface area contributed by atoms with Gasteiger partial charge in [0.15, 0.2) is 0 Å². The van der Waals surface area contributed by atoms with Gasteiger partial charge in [-0.3, -0.25) is 14.3 Å². The van der Waals surface area contributed by atoms with Crippen LogP contribution in [0.25, 0.3) is 0 Å². The molecule has 1 unspecified atom stereocenters. The largest absolute Gasteiger partial charge is 0.350 e. The lowest BCUT2D eigenvalue weighted by Crippen LogP contribution is -2.33. The summed E-state index contributed by atoms with van der Waals surface area (Å²) in [6.45, 7) is 7.05. The van der Waals surface area contributed by atoms with Crippen molar-refractivity contribution in [2.24, 2.45) is 13.0 Å². The lowest BCUT2D eigenvalue weighted by molar-refractivity contribution is -0.126. The van der Waals surface area contributed by atoms with Crippen LogP contribution in [-0.2, 0) is 23.2 Å². The predicted octanol–water partition coefficient (Wildman–Crippen LogP) is 2.52. The van der Waals surface area contributed by atoms with Crippen molar-refractivity contribution in [3.8, 4) is 0 Å². The average Bonchev–Trinajstić information content (AvgIpc) is 3.14. The molecule has 1 aromatic carbocycles. The molecule has 0 radical (unpaired) electrons. The number of carbonyl (C=O) groups excluding carboxylic acids is 2. The number of nitrogens with zero attached hydrogens (tertiary/aromatic N) is 3. The Morgan fingerprint density at radius 2 is 2.00 bits per heavy atom. The van der Waals surface area contributed by atoms with E-state index in [2.05, 4.69) is 24.3 Å². The number of anilines is 1. The van der Waals surface area contributed by atoms with Crippen molar-refractivity contribution in [1.82, 2.24) is 15.1 Å². The molecule has 1 aromatic heterocycles. The summed E-state index contributed by atoms with van der Waals surface area (Å²) in [5.74, 6) is 0.0476. The quantitative estimate of drug-likeness (QED) is 0.897. The van der Waals surface area contributed by atoms with Gasteiger partial charge >= 0.3 is 0 Å². The number of rotatable bonds is 5. The maximum atomic E-state index is 12.5. The van der Waals surface area contributed by atoms with E-state index < -0.39 is 0 Å². The Balaban J connectivity index is 1.61. The van der Waals surface area contributed by atoms with E-state index in [1.807, 2.05) is 44.3 Å². The van der Waals surface area contributed by atoms with Crippen LogP contribution in [-0.4, -0.2) is 28.1 Å². The van der Waals surface area contributed by atoms with E-state index >= 15 is 0 Å². The topological polar surface area (TPSA) is 67.2 Å². The molecule has 26 heavy (non-hydrogen) atoms. The van der Waals surface area contributed by atoms with E-state index in [1.54, 1.807) is 9.58 Å². The van der Waals surface area contributed by atoms with Gasteiger partial charge in [0.2, 0.25) is 11.8 Å². The molecule has 6 heteroatoms. The predicted molar refractivity (Wildman–Crippen MR) is 101 cm³/mol. The van der Waals surface area contributed by atoms with Crippen LogP contribution < -0.4 is 10.2 Å². The van der Waals surface area contributed by atoms with Gasteiger partial charge in [0, 0.05) is 25.7 Å². The van der Waals surface area contributed by atoms with Crippen LogP contribution in [0.15, 0.2) is 30.3 Å². The minimum atomic E-state index is -0.318. The fourth-order valence-corrected chi connectivity index (χ4v) is 3.32. The molecule has 1 atom stereocenters. The van der Waals surface area contributed by atoms with Gasteiger partial charge in [0.1, 0.15) is 0 Å². The fraction of sp³-hybridized carbons (Fsp3) is 0.450. The highest BCUT2D eigenvalue weighted by atomic mass is 16.2. The highest BCUT2D eigenvalue weighted by molar-refractivity contribution is 6.00. The van der Waals surface area contributed by atoms with Crippen molar-refractivity contribution in [3.63, 3.8) is 0 Å². The van der Waals surface area contributed by atoms with E-state index in [0.29, 0.717) is 19.0 Å². The van der Waals surface area contributed by atoms with Crippen molar-refractivity contribution >= 4 is 17.5 Å². The first-order valence-corrected chi connectivity index (χ1v) is 9.02. The zero-order valence-corrected chi connectivity index (χ0v) is 15.8. The van der Waals surface area contributed by atoms with E-state index in [0.717, 1.165) is 17.1 Å². The Hall–Kier alpha value is -2.63. The SMILES string of the molecule is Cc1cc(CNC(=O)C2CC(=O)N(c3ccc(C(C)C)cc3)C2)n(C)n1. The van der Waals surface area contributed by atoms with Crippen molar-refractivity contribution < 1.29 is 9.59 Å². The third-order valence-corrected chi connectivity index (χ3v) is 4.91. The number of benzene rings is 1. The average molecular weight is 354 g/mol. The maximum Gasteiger partial charge on any atom is 0.227 e. The zero-order valence-electron chi connectivity index (χ0n) is 15.8. The molecule has 1 aliphatic rings. The lowest BCUT2D eigenvalue weighted by Gasteiger charge is -2.17. The lowest BCUT2D eigenvalue weighted by atomic mass is 10.0. The molecule has 6 nitrogen and oxygen atoms in total. The molecule has 2 amide bonds. The smallest absolute Gasteiger partial charge is 0.227 e. The standard InChI is InChI=1S/C20H26N4O2/c1-13(2)15-5-7-17(8-6-15)24-12-16(10-19(24)25)20(26)21-11-18-9-14(3)22-23(18)4/h5-9,13,16H,10-12H2,1-4H3,(H,21,26). The van der Waals surface area contributed by atoms with Gasteiger partial charge in [-0.1, -0.05) is 26.0 Å². The van der Waals surface area contributed by atoms with E-state index in [9.17, 15) is 9.59 Å². The van der Waals surface area contributed by atoms with Gasteiger partial charge in [0.05, 0.1) is 23.9 Å². The van der Waals surface area contributed by atoms with Crippen LogP contribution in [0, 0.1) is 12.8 Å². The molecule has 0 bridgehead atoms. The van der Waals surface area contributed by atoms with Crippen molar-refractivity contribution in [1.29, 1.82) is 0 Å². The molecule has 2 heterocycles. The Kier molecular flexibility index (Phi) is 5.11. The Bertz CT molecular complexity index is 808. The summed E-state index contributed by atoms with van der Waals surface area (Å²) in [5.41, 5.74) is 3.96. The molecular formula is C20H26N4O2. The molecule has 3 rings (SSSR count). The molecular weight excluding hydrogens is 328 g/mol. The van der Waals surface area contributed by atoms with Crippen molar-refractivity contribution in [2.45, 2.75) is 39.7 Å². The van der Waals surface area contributed by atoms with E-state index in [4.69, 9.17) is 0 Å². The molecule has 1 aliphatic heterocycles. The zero-order chi connectivity index (χ0) is 18.8. The maximum absolute atomic E-state index is 12.5. The Morgan fingerprint density at radius 1 is 1.31 bits per heavy atom. The summed E-state index contributed by atoms with van der Waals surface area (Å²) in [5, 5.41) is 7.21. The number of aromatic nitrogens is 2. The van der Waals surface area contributed by atoms with Gasteiger partial charge in [-0.2, -0.15) is 5.10 Å². The van der Waals surface area contributed by atoms with Crippen molar-refractivity contribution in [3.05, 3.63) is 47.3 Å². The number of hydrogen-bond donors (Lipinski definition) is 1. The minimum Gasteiger partial charge on any atom is -0.350 e. The number of aryl methyl sites for hydroxylation is 2. The molecule has 1 saturated heterocycles. The molecule has 0 saturated carbocycles. The van der Waals surface area contributed by atoms with Crippen LogP contribution in [0.3, 0.4) is 0 Å². The van der Waals surface area contributed by atoms with Crippen LogP contribution in [0.2, 0.25) is 0 Å². The molecule has 2 aromatic rings. The van der Waals surface area contributed by atoms with Gasteiger partial charge in [-0.05, 0) is 36.6 Å². The second-order valence-electron chi connectivity index (χ2n) is 7.27. The van der Waals surface area contributed by atoms with Crippen LogP contribution in [0.1, 0.15) is 43.1 Å². The summed E-state index contributed by atoms with van der Waals surface area (Å²) in [6.07, 6.45) is 0.252. The van der Waals surface area contributed by atoms with E-state index in [-0.39, 0.29) is 24.2 Å². The van der Waals surface area contributed by atoms with Crippen LogP contribution in [0.4, 0.5) is 5.69 Å². The number of hydrogen-bond acceptors (Lipinski definition) is 3. The van der Waals surface area contributed by atoms with Crippen molar-refractivity contribution in [2.75, 3.05) is 11.4 Å². The summed E-state index contributed by atoms with van der Waals surface area (Å²) in [4.78, 5) is 26.6. The van der Waals surface area contributed by atoms with Gasteiger partial charge in [-0.25, -0.2) is 0 Å². The minimum absolute atomic E-state index is 0.00109. The highest BCUT2D eigenvalue weighted by Crippen LogP contribution is 2.27. The molecule has 0 aliphatic carbocycles. The van der Waals surface area contributed by atoms with Gasteiger partial charge in [-0.15, -0.1) is 0 Å². The Morgan fingerprint density at radius 3 is 2.58 bits per heavy atom. The number of nitrogens with one attached hydrogen (secondary N) is 1. The van der Waals surface area contributed by atoms with E-state index in [1.165, 1.54) is 5.56 Å². The number of amides is 2. The third-order valence-electron chi connectivity index (χ3n) is 4.91. The second kappa shape index (κ2) is 7.32. The van der Waals surface area contributed by atoms with Crippen LogP contribution >= 0.6 is 0 Å². The summed E-state index contributed by atoms with van der Waals surface area (Å²) >= 11 is 0. The summed E-state index contributed by atoms with van der Waals surface area (Å²) < 4.78 is 1.76. The summed E-state index contributed by atoms with van der Waals surface area (Å²) in [7, 11) is 1.86. The highest BCUT2D eigenvalue weighted by Gasteiger charge is 2.35. The fourth-order valence-electron chi connectivity index (χ4n) is 3.32. The first-order chi connectivity index (χ1) is 12.3. The molecule has 0 spiro atoms. The second-order valence-corrected chi connectivity index (χ2v) is 7.27. The summed E-state index contributed by atoms with van der Waals surface area (Å²) in [6, 6.07) is 9.97. The van der Waals surface area contributed by atoms with Gasteiger partial charge in [0.25, 0.3) is 0 Å². The first kappa shape index (κ1) is 18.2.